The summed E-state index contributed by atoms with van der Waals surface area (Å²) in [6.07, 6.45) is -0.452. The van der Waals surface area contributed by atoms with Gasteiger partial charge in [0, 0.05) is 25.2 Å². The number of likely N-dealkylation sites (N-methyl/N-ethyl adjacent to an activating group) is 1. The van der Waals surface area contributed by atoms with Gasteiger partial charge in [0.25, 0.3) is 5.91 Å². The maximum Gasteiger partial charge on any atom is 0.258 e. The van der Waals surface area contributed by atoms with Crippen LogP contribution in [0.4, 0.5) is 5.69 Å². The predicted octanol–water partition coefficient (Wildman–Crippen LogP) is 3.42. The van der Waals surface area contributed by atoms with Crippen LogP contribution in [0.25, 0.3) is 0 Å². The molecule has 3 atom stereocenters. The fraction of sp³-hybridized carbons (Fsp3) is 0.355. The normalized spacial score (nSPS) is 18.0. The summed E-state index contributed by atoms with van der Waals surface area (Å²) in [5.74, 6) is -0.0607. The van der Waals surface area contributed by atoms with E-state index in [-0.39, 0.29) is 60.1 Å². The standard InChI is InChI=1S/C31H37N3O7S/c1-21-18-34(22(2)20-35)31(37)27-17-24(32-30(36)16-23-8-6-5-7-9-23)10-15-28(27)41-29(21)19-33(3)42(38,39)26-13-11-25(40-4)12-14-26/h5-15,17,21-22,29,35H,16,18-20H2,1-4H3,(H,32,36)/t21-,22-,29-/m1/s1. The Morgan fingerprint density at radius 2 is 1.83 bits per heavy atom. The molecule has 10 nitrogen and oxygen atoms in total. The van der Waals surface area contributed by atoms with Gasteiger partial charge in [0.15, 0.2) is 0 Å². The summed E-state index contributed by atoms with van der Waals surface area (Å²) in [7, 11) is -0.853. The molecule has 0 bridgehead atoms. The van der Waals surface area contributed by atoms with Gasteiger partial charge < -0.3 is 24.8 Å². The number of aliphatic hydroxyl groups is 1. The minimum Gasteiger partial charge on any atom is -0.497 e. The van der Waals surface area contributed by atoms with Crippen molar-refractivity contribution in [2.24, 2.45) is 5.92 Å². The predicted molar refractivity (Wildman–Crippen MR) is 159 cm³/mol. The Hall–Kier alpha value is -3.93. The van der Waals surface area contributed by atoms with E-state index in [1.807, 2.05) is 37.3 Å². The van der Waals surface area contributed by atoms with Crippen LogP contribution in [0.3, 0.4) is 0 Å². The Labute approximate surface area is 246 Å². The largest absolute Gasteiger partial charge is 0.497 e. The molecule has 2 N–H and O–H groups in total. The quantitative estimate of drug-likeness (QED) is 0.368. The zero-order valence-corrected chi connectivity index (χ0v) is 25.0. The molecule has 0 radical (unpaired) electrons. The van der Waals surface area contributed by atoms with E-state index in [0.717, 1.165) is 5.56 Å². The van der Waals surface area contributed by atoms with Crippen LogP contribution in [-0.2, 0) is 21.2 Å². The van der Waals surface area contributed by atoms with Crippen molar-refractivity contribution >= 4 is 27.5 Å². The number of carbonyl (C=O) groups is 2. The van der Waals surface area contributed by atoms with Gasteiger partial charge in [-0.1, -0.05) is 37.3 Å². The lowest BCUT2D eigenvalue weighted by molar-refractivity contribution is -0.115. The molecule has 1 aliphatic heterocycles. The van der Waals surface area contributed by atoms with E-state index in [1.54, 1.807) is 42.2 Å². The Morgan fingerprint density at radius 1 is 1.14 bits per heavy atom. The Bertz CT molecular complexity index is 1500. The molecule has 0 saturated carbocycles. The highest BCUT2D eigenvalue weighted by atomic mass is 32.2. The number of benzene rings is 3. The van der Waals surface area contributed by atoms with Crippen molar-refractivity contribution in [2.75, 3.05) is 39.2 Å². The van der Waals surface area contributed by atoms with Gasteiger partial charge in [-0.3, -0.25) is 9.59 Å². The molecule has 0 unspecified atom stereocenters. The number of hydrogen-bond donors (Lipinski definition) is 2. The van der Waals surface area contributed by atoms with E-state index >= 15 is 0 Å². The number of rotatable bonds is 10. The van der Waals surface area contributed by atoms with Gasteiger partial charge in [-0.2, -0.15) is 4.31 Å². The van der Waals surface area contributed by atoms with Gasteiger partial charge in [0.1, 0.15) is 17.6 Å². The van der Waals surface area contributed by atoms with Gasteiger partial charge in [-0.25, -0.2) is 8.42 Å². The highest BCUT2D eigenvalue weighted by Gasteiger charge is 2.35. The first kappa shape index (κ1) is 31.0. The maximum absolute atomic E-state index is 13.7. The van der Waals surface area contributed by atoms with E-state index in [0.29, 0.717) is 11.4 Å². The molecule has 0 aromatic heterocycles. The molecule has 0 aliphatic carbocycles. The second kappa shape index (κ2) is 13.4. The number of carbonyl (C=O) groups excluding carboxylic acids is 2. The lowest BCUT2D eigenvalue weighted by atomic mass is 9.99. The summed E-state index contributed by atoms with van der Waals surface area (Å²) in [6, 6.07) is 19.8. The topological polar surface area (TPSA) is 125 Å². The van der Waals surface area contributed by atoms with Gasteiger partial charge in [-0.05, 0) is 55.0 Å². The molecule has 3 aromatic rings. The third kappa shape index (κ3) is 7.10. The Balaban J connectivity index is 1.61. The third-order valence-electron chi connectivity index (χ3n) is 7.36. The fourth-order valence-electron chi connectivity index (χ4n) is 4.78. The van der Waals surface area contributed by atoms with Crippen molar-refractivity contribution in [1.82, 2.24) is 9.21 Å². The zero-order valence-electron chi connectivity index (χ0n) is 24.2. The minimum absolute atomic E-state index is 0.0140. The van der Waals surface area contributed by atoms with Crippen molar-refractivity contribution < 1.29 is 32.6 Å². The van der Waals surface area contributed by atoms with Crippen LogP contribution in [0, 0.1) is 5.92 Å². The molecule has 3 aromatic carbocycles. The van der Waals surface area contributed by atoms with E-state index < -0.39 is 22.2 Å². The summed E-state index contributed by atoms with van der Waals surface area (Å²) < 4.78 is 39.4. The summed E-state index contributed by atoms with van der Waals surface area (Å²) in [6.45, 7) is 3.61. The molecule has 1 aliphatic rings. The second-order valence-corrected chi connectivity index (χ2v) is 12.6. The molecular weight excluding hydrogens is 558 g/mol. The smallest absolute Gasteiger partial charge is 0.258 e. The molecule has 1 heterocycles. The number of sulfonamides is 1. The number of nitrogens with one attached hydrogen (secondary N) is 1. The van der Waals surface area contributed by atoms with Crippen LogP contribution in [-0.4, -0.2) is 80.5 Å². The number of hydrogen-bond acceptors (Lipinski definition) is 7. The van der Waals surface area contributed by atoms with Gasteiger partial charge in [0.05, 0.1) is 43.2 Å². The van der Waals surface area contributed by atoms with Crippen LogP contribution in [0.15, 0.2) is 77.7 Å². The van der Waals surface area contributed by atoms with Crippen LogP contribution in [0.5, 0.6) is 11.5 Å². The van der Waals surface area contributed by atoms with Crippen molar-refractivity contribution in [2.45, 2.75) is 37.3 Å². The first-order valence-corrected chi connectivity index (χ1v) is 15.1. The first-order chi connectivity index (χ1) is 20.0. The lowest BCUT2D eigenvalue weighted by Gasteiger charge is -2.38. The van der Waals surface area contributed by atoms with Gasteiger partial charge in [0.2, 0.25) is 15.9 Å². The summed E-state index contributed by atoms with van der Waals surface area (Å²) in [5.41, 5.74) is 1.49. The highest BCUT2D eigenvalue weighted by Crippen LogP contribution is 2.31. The number of anilines is 1. The number of aliphatic hydroxyl groups excluding tert-OH is 1. The third-order valence-corrected chi connectivity index (χ3v) is 9.20. The molecule has 11 heteroatoms. The van der Waals surface area contributed by atoms with Crippen LogP contribution < -0.4 is 14.8 Å². The SMILES string of the molecule is COc1ccc(S(=O)(=O)N(C)C[C@H]2Oc3ccc(NC(=O)Cc4ccccc4)cc3C(=O)N([C@H](C)CO)C[C@H]2C)cc1. The zero-order chi connectivity index (χ0) is 30.4. The van der Waals surface area contributed by atoms with Crippen molar-refractivity contribution in [3.63, 3.8) is 0 Å². The van der Waals surface area contributed by atoms with E-state index in [2.05, 4.69) is 5.32 Å². The number of fused-ring (bicyclic) bond motifs is 1. The van der Waals surface area contributed by atoms with Gasteiger partial charge in [-0.15, -0.1) is 0 Å². The minimum atomic E-state index is -3.85. The summed E-state index contributed by atoms with van der Waals surface area (Å²) in [5, 5.41) is 12.8. The van der Waals surface area contributed by atoms with E-state index in [4.69, 9.17) is 9.47 Å². The van der Waals surface area contributed by atoms with Gasteiger partial charge >= 0.3 is 0 Å². The number of nitrogens with zero attached hydrogens (tertiary/aromatic N) is 2. The molecule has 2 amide bonds. The molecule has 4 rings (SSSR count). The molecule has 0 saturated heterocycles. The molecule has 0 fully saturated rings. The summed E-state index contributed by atoms with van der Waals surface area (Å²) in [4.78, 5) is 28.1. The van der Waals surface area contributed by atoms with Crippen LogP contribution >= 0.6 is 0 Å². The maximum atomic E-state index is 13.7. The van der Waals surface area contributed by atoms with Crippen LogP contribution in [0.2, 0.25) is 0 Å². The van der Waals surface area contributed by atoms with Crippen molar-refractivity contribution in [3.8, 4) is 11.5 Å². The number of ether oxygens (including phenoxy) is 2. The Morgan fingerprint density at radius 3 is 2.48 bits per heavy atom. The summed E-state index contributed by atoms with van der Waals surface area (Å²) >= 11 is 0. The number of methoxy groups -OCH3 is 1. The fourth-order valence-corrected chi connectivity index (χ4v) is 5.97. The molecule has 0 spiro atoms. The Kier molecular flexibility index (Phi) is 9.87. The lowest BCUT2D eigenvalue weighted by Crippen LogP contribution is -2.50. The average Bonchev–Trinajstić information content (AvgIpc) is 2.99. The number of amides is 2. The van der Waals surface area contributed by atoms with Crippen molar-refractivity contribution in [3.05, 3.63) is 83.9 Å². The molecule has 42 heavy (non-hydrogen) atoms. The highest BCUT2D eigenvalue weighted by molar-refractivity contribution is 7.89. The first-order valence-electron chi connectivity index (χ1n) is 13.7. The average molecular weight is 596 g/mol. The van der Waals surface area contributed by atoms with E-state index in [1.165, 1.54) is 30.6 Å². The van der Waals surface area contributed by atoms with Crippen molar-refractivity contribution in [1.29, 1.82) is 0 Å². The van der Waals surface area contributed by atoms with Crippen LogP contribution in [0.1, 0.15) is 29.8 Å². The molecule has 224 valence electrons. The second-order valence-electron chi connectivity index (χ2n) is 10.5. The monoisotopic (exact) mass is 595 g/mol. The van der Waals surface area contributed by atoms with E-state index in [9.17, 15) is 23.1 Å². The molecular formula is C31H37N3O7S.